The Morgan fingerprint density at radius 1 is 0.938 bits per heavy atom. The molecule has 1 N–H and O–H groups in total. The second kappa shape index (κ2) is 9.47. The molecule has 6 nitrogen and oxygen atoms in total. The molecule has 0 fully saturated rings. The lowest BCUT2D eigenvalue weighted by molar-refractivity contribution is -0.134. The van der Waals surface area contributed by atoms with E-state index in [1.165, 1.54) is 0 Å². The molecular weight excluding hydrogens is 406 g/mol. The Hall–Kier alpha value is -3.28. The van der Waals surface area contributed by atoms with E-state index in [4.69, 9.17) is 4.74 Å². The van der Waals surface area contributed by atoms with E-state index in [0.29, 0.717) is 12.8 Å². The maximum Gasteiger partial charge on any atom is 0.311 e. The first-order valence-electron chi connectivity index (χ1n) is 11.1. The van der Waals surface area contributed by atoms with Gasteiger partial charge in [-0.05, 0) is 30.4 Å². The number of carbonyl (C=O) groups is 4. The summed E-state index contributed by atoms with van der Waals surface area (Å²) in [6.07, 6.45) is 1.51. The van der Waals surface area contributed by atoms with Gasteiger partial charge >= 0.3 is 5.97 Å². The zero-order chi connectivity index (χ0) is 23.5. The van der Waals surface area contributed by atoms with Gasteiger partial charge in [-0.1, -0.05) is 64.1 Å². The minimum atomic E-state index is -1.97. The second-order valence-electron chi connectivity index (χ2n) is 8.39. The van der Waals surface area contributed by atoms with Gasteiger partial charge in [-0.15, -0.1) is 0 Å². The lowest BCUT2D eigenvalue weighted by Crippen LogP contribution is -2.54. The van der Waals surface area contributed by atoms with Crippen molar-refractivity contribution in [2.45, 2.75) is 64.8 Å². The third kappa shape index (κ3) is 4.09. The quantitative estimate of drug-likeness (QED) is 0.369. The summed E-state index contributed by atoms with van der Waals surface area (Å²) in [4.78, 5) is 52.5. The molecule has 0 saturated carbocycles. The van der Waals surface area contributed by atoms with Gasteiger partial charge in [0, 0.05) is 29.5 Å². The zero-order valence-corrected chi connectivity index (χ0v) is 19.0. The van der Waals surface area contributed by atoms with Gasteiger partial charge in [-0.2, -0.15) is 0 Å². The molecule has 0 aromatic heterocycles. The Morgan fingerprint density at radius 2 is 1.53 bits per heavy atom. The number of rotatable bonds is 8. The molecular formula is C26H29NO5. The molecule has 0 atom stereocenters. The number of fused-ring (bicyclic) bond motifs is 1. The van der Waals surface area contributed by atoms with E-state index in [1.54, 1.807) is 42.5 Å². The van der Waals surface area contributed by atoms with Crippen molar-refractivity contribution in [1.82, 2.24) is 5.32 Å². The van der Waals surface area contributed by atoms with Gasteiger partial charge in [0.15, 0.2) is 5.54 Å². The number of Topliss-reactive ketones (excluding diaryl/α,β-unsaturated/α-hetero) is 2. The molecule has 32 heavy (non-hydrogen) atoms. The van der Waals surface area contributed by atoms with Crippen molar-refractivity contribution >= 4 is 23.4 Å². The maximum absolute atomic E-state index is 13.7. The molecule has 0 saturated heterocycles. The van der Waals surface area contributed by atoms with Gasteiger partial charge in [-0.25, -0.2) is 0 Å². The minimum Gasteiger partial charge on any atom is -0.426 e. The first-order valence-corrected chi connectivity index (χ1v) is 11.1. The molecule has 0 unspecified atom stereocenters. The van der Waals surface area contributed by atoms with Gasteiger partial charge in [0.05, 0.1) is 0 Å². The van der Waals surface area contributed by atoms with Gasteiger partial charge in [0.2, 0.25) is 17.5 Å². The van der Waals surface area contributed by atoms with Crippen LogP contribution >= 0.6 is 0 Å². The highest BCUT2D eigenvalue weighted by Gasteiger charge is 2.56. The second-order valence-corrected chi connectivity index (χ2v) is 8.39. The van der Waals surface area contributed by atoms with Crippen LogP contribution in [0.4, 0.5) is 0 Å². The molecule has 0 heterocycles. The van der Waals surface area contributed by atoms with Crippen molar-refractivity contribution < 1.29 is 23.9 Å². The highest BCUT2D eigenvalue weighted by Crippen LogP contribution is 2.42. The fourth-order valence-electron chi connectivity index (χ4n) is 3.98. The van der Waals surface area contributed by atoms with Gasteiger partial charge in [0.1, 0.15) is 5.75 Å². The third-order valence-corrected chi connectivity index (χ3v) is 5.66. The summed E-state index contributed by atoms with van der Waals surface area (Å²) in [6.45, 7) is 7.69. The van der Waals surface area contributed by atoms with E-state index in [9.17, 15) is 19.2 Å². The maximum atomic E-state index is 13.7. The average Bonchev–Trinajstić information content (AvgIpc) is 2.96. The highest BCUT2D eigenvalue weighted by atomic mass is 16.5. The SMILES string of the molecule is CCCC(=O)NC1(c2ccc(C(C)C)cc2OC(=O)CCC)C(=O)c2ccccc2C1=O. The van der Waals surface area contributed by atoms with Gasteiger partial charge in [0.25, 0.3) is 0 Å². The number of esters is 1. The van der Waals surface area contributed by atoms with Crippen LogP contribution in [-0.4, -0.2) is 23.4 Å². The molecule has 168 valence electrons. The van der Waals surface area contributed by atoms with Crippen molar-refractivity contribution in [3.63, 3.8) is 0 Å². The fraction of sp³-hybridized carbons (Fsp3) is 0.385. The predicted molar refractivity (Wildman–Crippen MR) is 121 cm³/mol. The molecule has 1 aliphatic rings. The molecule has 0 spiro atoms. The Morgan fingerprint density at radius 3 is 2.06 bits per heavy atom. The number of hydrogen-bond acceptors (Lipinski definition) is 5. The van der Waals surface area contributed by atoms with Crippen LogP contribution in [0.1, 0.15) is 91.1 Å². The summed E-state index contributed by atoms with van der Waals surface area (Å²) < 4.78 is 5.66. The van der Waals surface area contributed by atoms with Crippen LogP contribution in [-0.2, 0) is 15.1 Å². The van der Waals surface area contributed by atoms with Crippen molar-refractivity contribution in [1.29, 1.82) is 0 Å². The third-order valence-electron chi connectivity index (χ3n) is 5.66. The topological polar surface area (TPSA) is 89.5 Å². The smallest absolute Gasteiger partial charge is 0.311 e. The zero-order valence-electron chi connectivity index (χ0n) is 19.0. The summed E-state index contributed by atoms with van der Waals surface area (Å²) >= 11 is 0. The van der Waals surface area contributed by atoms with Crippen molar-refractivity contribution in [2.24, 2.45) is 0 Å². The van der Waals surface area contributed by atoms with E-state index < -0.39 is 29.0 Å². The lowest BCUT2D eigenvalue weighted by Gasteiger charge is -2.30. The Bertz CT molecular complexity index is 1030. The van der Waals surface area contributed by atoms with Crippen LogP contribution in [0, 0.1) is 0 Å². The number of benzene rings is 2. The van der Waals surface area contributed by atoms with Crippen LogP contribution in [0.3, 0.4) is 0 Å². The lowest BCUT2D eigenvalue weighted by atomic mass is 9.82. The van der Waals surface area contributed by atoms with E-state index in [0.717, 1.165) is 5.56 Å². The monoisotopic (exact) mass is 435 g/mol. The number of hydrogen-bond donors (Lipinski definition) is 1. The minimum absolute atomic E-state index is 0.126. The first-order chi connectivity index (χ1) is 15.3. The molecule has 6 heteroatoms. The Balaban J connectivity index is 2.24. The molecule has 2 aromatic rings. The van der Waals surface area contributed by atoms with E-state index in [-0.39, 0.29) is 41.2 Å². The summed E-state index contributed by atoms with van der Waals surface area (Å²) in [7, 11) is 0. The van der Waals surface area contributed by atoms with Crippen LogP contribution in [0.5, 0.6) is 5.75 Å². The standard InChI is InChI=1S/C26H29NO5/c1-5-9-22(28)27-26(24(30)18-11-7-8-12-19(18)25(26)31)20-14-13-17(16(3)4)15-21(20)32-23(29)10-6-2/h7-8,11-16H,5-6,9-10H2,1-4H3,(H,27,28). The largest absolute Gasteiger partial charge is 0.426 e. The average molecular weight is 436 g/mol. The van der Waals surface area contributed by atoms with E-state index in [1.807, 2.05) is 27.7 Å². The first kappa shape index (κ1) is 23.4. The number of carbonyl (C=O) groups excluding carboxylic acids is 4. The summed E-state index contributed by atoms with van der Waals surface area (Å²) in [5, 5.41) is 2.72. The van der Waals surface area contributed by atoms with E-state index >= 15 is 0 Å². The molecule has 2 aromatic carbocycles. The van der Waals surface area contributed by atoms with E-state index in [2.05, 4.69) is 5.32 Å². The van der Waals surface area contributed by atoms with Crippen LogP contribution in [0.25, 0.3) is 0 Å². The van der Waals surface area contributed by atoms with Crippen molar-refractivity contribution in [2.75, 3.05) is 0 Å². The summed E-state index contributed by atoms with van der Waals surface area (Å²) in [6, 6.07) is 11.6. The molecule has 1 aliphatic carbocycles. The number of nitrogens with one attached hydrogen (secondary N) is 1. The Labute approximate surface area is 188 Å². The van der Waals surface area contributed by atoms with Crippen LogP contribution in [0.15, 0.2) is 42.5 Å². The molecule has 3 rings (SSSR count). The molecule has 1 amide bonds. The fourth-order valence-corrected chi connectivity index (χ4v) is 3.98. The number of ketones is 2. The molecule has 0 bridgehead atoms. The number of amides is 1. The summed E-state index contributed by atoms with van der Waals surface area (Å²) in [5.41, 5.74) is -0.408. The molecule has 0 radical (unpaired) electrons. The van der Waals surface area contributed by atoms with Crippen LogP contribution in [0.2, 0.25) is 0 Å². The predicted octanol–water partition coefficient (Wildman–Crippen LogP) is 4.71. The number of ether oxygens (including phenoxy) is 1. The highest BCUT2D eigenvalue weighted by molar-refractivity contribution is 6.34. The summed E-state index contributed by atoms with van der Waals surface area (Å²) in [5.74, 6) is -1.66. The molecule has 0 aliphatic heterocycles. The Kier molecular flexibility index (Phi) is 6.92. The van der Waals surface area contributed by atoms with Gasteiger partial charge in [-0.3, -0.25) is 19.2 Å². The van der Waals surface area contributed by atoms with Crippen LogP contribution < -0.4 is 10.1 Å². The van der Waals surface area contributed by atoms with Crippen molar-refractivity contribution in [3.8, 4) is 5.75 Å². The van der Waals surface area contributed by atoms with Crippen molar-refractivity contribution in [3.05, 3.63) is 64.7 Å². The van der Waals surface area contributed by atoms with Gasteiger partial charge < -0.3 is 10.1 Å². The normalized spacial score (nSPS) is 14.4.